The topological polar surface area (TPSA) is 55.3 Å². The van der Waals surface area contributed by atoms with Crippen molar-refractivity contribution in [2.24, 2.45) is 0 Å². The summed E-state index contributed by atoms with van der Waals surface area (Å²) < 4.78 is 7.01. The van der Waals surface area contributed by atoms with Crippen LogP contribution in [0.3, 0.4) is 0 Å². The molecule has 1 spiro atoms. The van der Waals surface area contributed by atoms with Crippen molar-refractivity contribution in [2.45, 2.75) is 43.9 Å². The molecule has 2 aromatic rings. The molecule has 0 unspecified atom stereocenters. The first-order valence-corrected chi connectivity index (χ1v) is 14.1. The molecule has 1 aliphatic carbocycles. The summed E-state index contributed by atoms with van der Waals surface area (Å²) in [6, 6.07) is 7.19. The standard InChI is InChI=1S/C20H24IN3O2Si/c1-27(2,3)8-7-26-13-24-18-16(5-4-6-22-18)20(19(24)25)10-14-9-15(21)12-23-17(14)11-20/h4-6,9,12H,7-8,10-11,13H2,1-3H3/t20-/m0/s1. The van der Waals surface area contributed by atoms with Crippen LogP contribution in [0.5, 0.6) is 0 Å². The van der Waals surface area contributed by atoms with Gasteiger partial charge in [-0.1, -0.05) is 25.7 Å². The van der Waals surface area contributed by atoms with E-state index in [0.717, 1.165) is 26.7 Å². The van der Waals surface area contributed by atoms with Crippen LogP contribution in [0, 0.1) is 3.57 Å². The molecule has 0 saturated heterocycles. The second-order valence-electron chi connectivity index (χ2n) is 8.65. The maximum absolute atomic E-state index is 13.5. The van der Waals surface area contributed by atoms with Gasteiger partial charge < -0.3 is 4.74 Å². The summed E-state index contributed by atoms with van der Waals surface area (Å²) in [5, 5.41) is 0. The molecular formula is C20H24IN3O2Si. The van der Waals surface area contributed by atoms with E-state index in [2.05, 4.69) is 58.3 Å². The number of rotatable bonds is 5. The highest BCUT2D eigenvalue weighted by atomic mass is 127. The van der Waals surface area contributed by atoms with Crippen molar-refractivity contribution < 1.29 is 9.53 Å². The third kappa shape index (κ3) is 3.45. The minimum Gasteiger partial charge on any atom is -0.361 e. The molecule has 0 fully saturated rings. The van der Waals surface area contributed by atoms with Gasteiger partial charge in [0.1, 0.15) is 12.5 Å². The van der Waals surface area contributed by atoms with E-state index in [0.29, 0.717) is 19.4 Å². The van der Waals surface area contributed by atoms with Gasteiger partial charge in [-0.3, -0.25) is 14.7 Å². The highest BCUT2D eigenvalue weighted by Gasteiger charge is 2.55. The van der Waals surface area contributed by atoms with Crippen LogP contribution in [0.15, 0.2) is 30.6 Å². The maximum Gasteiger partial charge on any atom is 0.241 e. The summed E-state index contributed by atoms with van der Waals surface area (Å²) in [5.41, 5.74) is 2.63. The summed E-state index contributed by atoms with van der Waals surface area (Å²) in [4.78, 5) is 24.4. The number of halogens is 1. The van der Waals surface area contributed by atoms with Gasteiger partial charge in [0.2, 0.25) is 5.91 Å². The molecule has 5 nitrogen and oxygen atoms in total. The minimum absolute atomic E-state index is 0.0946. The third-order valence-corrected chi connectivity index (χ3v) is 7.71. The summed E-state index contributed by atoms with van der Waals surface area (Å²) in [5.74, 6) is 0.843. The van der Waals surface area contributed by atoms with Gasteiger partial charge >= 0.3 is 0 Å². The largest absolute Gasteiger partial charge is 0.361 e. The number of fused-ring (bicyclic) bond motifs is 3. The third-order valence-electron chi connectivity index (χ3n) is 5.42. The Balaban J connectivity index is 1.60. The van der Waals surface area contributed by atoms with Crippen LogP contribution >= 0.6 is 22.6 Å². The lowest BCUT2D eigenvalue weighted by Crippen LogP contribution is -2.42. The Morgan fingerprint density at radius 2 is 2.11 bits per heavy atom. The van der Waals surface area contributed by atoms with Crippen LogP contribution in [0.25, 0.3) is 0 Å². The Kier molecular flexibility index (Phi) is 4.88. The predicted octanol–water partition coefficient (Wildman–Crippen LogP) is 3.78. The maximum atomic E-state index is 13.5. The van der Waals surface area contributed by atoms with Crippen molar-refractivity contribution in [1.29, 1.82) is 0 Å². The normalized spacial score (nSPS) is 21.0. The molecule has 0 aromatic carbocycles. The number of anilines is 1. The molecule has 1 amide bonds. The fourth-order valence-electron chi connectivity index (χ4n) is 3.95. The van der Waals surface area contributed by atoms with E-state index < -0.39 is 13.5 Å². The zero-order valence-corrected chi connectivity index (χ0v) is 19.1. The van der Waals surface area contributed by atoms with E-state index in [1.54, 1.807) is 11.1 Å². The van der Waals surface area contributed by atoms with Crippen molar-refractivity contribution in [3.63, 3.8) is 0 Å². The molecular weight excluding hydrogens is 469 g/mol. The van der Waals surface area contributed by atoms with Gasteiger partial charge in [0, 0.05) is 48.3 Å². The number of pyridine rings is 2. The quantitative estimate of drug-likeness (QED) is 0.362. The molecule has 1 aliphatic heterocycles. The van der Waals surface area contributed by atoms with E-state index in [4.69, 9.17) is 4.74 Å². The lowest BCUT2D eigenvalue weighted by Gasteiger charge is -2.23. The zero-order valence-electron chi connectivity index (χ0n) is 16.0. The summed E-state index contributed by atoms with van der Waals surface area (Å²) >= 11 is 2.28. The SMILES string of the molecule is C[Si](C)(C)CCOCN1C(=O)[C@]2(Cc3cc(I)cnc3C2)c2cccnc21. The lowest BCUT2D eigenvalue weighted by atomic mass is 9.80. The number of amides is 1. The van der Waals surface area contributed by atoms with Crippen LogP contribution in [0.1, 0.15) is 16.8 Å². The van der Waals surface area contributed by atoms with Gasteiger partial charge in [-0.05, 0) is 52.8 Å². The number of carbonyl (C=O) groups excluding carboxylic acids is 1. The molecule has 0 saturated carbocycles. The van der Waals surface area contributed by atoms with Gasteiger partial charge in [0.15, 0.2) is 0 Å². The highest BCUT2D eigenvalue weighted by Crippen LogP contribution is 2.48. The molecule has 27 heavy (non-hydrogen) atoms. The van der Waals surface area contributed by atoms with Crippen LogP contribution < -0.4 is 4.90 Å². The number of carbonyl (C=O) groups is 1. The number of ether oxygens (including phenoxy) is 1. The molecule has 2 aliphatic rings. The van der Waals surface area contributed by atoms with Crippen molar-refractivity contribution in [2.75, 3.05) is 18.2 Å². The Hall–Kier alpha value is -1.32. The Bertz CT molecular complexity index is 899. The van der Waals surface area contributed by atoms with Crippen molar-refractivity contribution in [3.05, 3.63) is 51.0 Å². The van der Waals surface area contributed by atoms with Crippen LogP contribution in [-0.2, 0) is 27.8 Å². The molecule has 0 N–H and O–H groups in total. The predicted molar refractivity (Wildman–Crippen MR) is 117 cm³/mol. The smallest absolute Gasteiger partial charge is 0.241 e. The average molecular weight is 493 g/mol. The number of hydrogen-bond acceptors (Lipinski definition) is 4. The van der Waals surface area contributed by atoms with Crippen LogP contribution in [-0.4, -0.2) is 37.3 Å². The number of aromatic nitrogens is 2. The first-order valence-electron chi connectivity index (χ1n) is 9.29. The molecule has 0 radical (unpaired) electrons. The molecule has 4 rings (SSSR count). The molecule has 3 heterocycles. The molecule has 2 aromatic heterocycles. The first-order chi connectivity index (χ1) is 12.8. The van der Waals surface area contributed by atoms with Crippen LogP contribution in [0.2, 0.25) is 25.7 Å². The summed E-state index contributed by atoms with van der Waals surface area (Å²) in [6.45, 7) is 7.94. The Morgan fingerprint density at radius 1 is 1.30 bits per heavy atom. The second kappa shape index (κ2) is 6.93. The Morgan fingerprint density at radius 3 is 2.89 bits per heavy atom. The zero-order chi connectivity index (χ0) is 19.2. The average Bonchev–Trinajstić information content (AvgIpc) is 3.09. The van der Waals surface area contributed by atoms with E-state index in [1.807, 2.05) is 18.3 Å². The molecule has 142 valence electrons. The van der Waals surface area contributed by atoms with Gasteiger partial charge in [0.25, 0.3) is 0 Å². The van der Waals surface area contributed by atoms with Gasteiger partial charge in [-0.15, -0.1) is 0 Å². The first kappa shape index (κ1) is 19.0. The molecule has 1 atom stereocenters. The summed E-state index contributed by atoms with van der Waals surface area (Å²) in [6.07, 6.45) is 4.96. The van der Waals surface area contributed by atoms with E-state index in [1.165, 1.54) is 5.56 Å². The number of hydrogen-bond donors (Lipinski definition) is 0. The van der Waals surface area contributed by atoms with Crippen molar-refractivity contribution in [1.82, 2.24) is 9.97 Å². The van der Waals surface area contributed by atoms with Crippen molar-refractivity contribution in [3.8, 4) is 0 Å². The van der Waals surface area contributed by atoms with Crippen molar-refractivity contribution >= 4 is 42.4 Å². The second-order valence-corrected chi connectivity index (χ2v) is 15.5. The van der Waals surface area contributed by atoms with Gasteiger partial charge in [0.05, 0.1) is 5.41 Å². The lowest BCUT2D eigenvalue weighted by molar-refractivity contribution is -0.124. The highest BCUT2D eigenvalue weighted by molar-refractivity contribution is 14.1. The minimum atomic E-state index is -1.16. The summed E-state index contributed by atoms with van der Waals surface area (Å²) in [7, 11) is -1.16. The van der Waals surface area contributed by atoms with E-state index in [9.17, 15) is 4.79 Å². The number of nitrogens with zero attached hydrogens (tertiary/aromatic N) is 3. The van der Waals surface area contributed by atoms with Gasteiger partial charge in [-0.25, -0.2) is 4.98 Å². The van der Waals surface area contributed by atoms with E-state index >= 15 is 0 Å². The van der Waals surface area contributed by atoms with Crippen LogP contribution in [0.4, 0.5) is 5.82 Å². The molecule has 7 heteroatoms. The molecule has 0 bridgehead atoms. The van der Waals surface area contributed by atoms with E-state index in [-0.39, 0.29) is 12.6 Å². The Labute approximate surface area is 174 Å². The fourth-order valence-corrected chi connectivity index (χ4v) is 5.22. The fraction of sp³-hybridized carbons (Fsp3) is 0.450. The monoisotopic (exact) mass is 493 g/mol. The van der Waals surface area contributed by atoms with Gasteiger partial charge in [-0.2, -0.15) is 0 Å².